The number of rotatable bonds is 2. The minimum Gasteiger partial charge on any atom is -0.376 e. The third-order valence-corrected chi connectivity index (χ3v) is 3.29. The van der Waals surface area contributed by atoms with E-state index in [0.29, 0.717) is 19.0 Å². The van der Waals surface area contributed by atoms with E-state index in [0.717, 1.165) is 17.9 Å². The van der Waals surface area contributed by atoms with Crippen LogP contribution < -0.4 is 4.90 Å². The maximum Gasteiger partial charge on any atom is 0.161 e. The van der Waals surface area contributed by atoms with Crippen LogP contribution in [-0.2, 0) is 4.74 Å². The molecular formula is C16H15N3O. The molecule has 2 aromatic rings. The highest BCUT2D eigenvalue weighted by Crippen LogP contribution is 2.20. The van der Waals surface area contributed by atoms with E-state index < -0.39 is 0 Å². The fourth-order valence-corrected chi connectivity index (χ4v) is 2.25. The van der Waals surface area contributed by atoms with Crippen LogP contribution >= 0.6 is 0 Å². The molecule has 3 rings (SSSR count). The van der Waals surface area contributed by atoms with Crippen molar-refractivity contribution in [2.45, 2.75) is 6.04 Å². The lowest BCUT2D eigenvalue weighted by Gasteiger charge is -2.33. The molecule has 100 valence electrons. The second kappa shape index (κ2) is 5.72. The van der Waals surface area contributed by atoms with Crippen LogP contribution in [-0.4, -0.2) is 35.8 Å². The summed E-state index contributed by atoms with van der Waals surface area (Å²) in [6.07, 6.45) is 7.34. The Hall–Kier alpha value is -2.38. The van der Waals surface area contributed by atoms with Gasteiger partial charge in [-0.05, 0) is 6.07 Å². The number of hydrogen-bond donors (Lipinski definition) is 0. The number of aromatic nitrogens is 2. The summed E-state index contributed by atoms with van der Waals surface area (Å²) >= 11 is 0. The molecule has 2 heterocycles. The molecule has 0 radical (unpaired) electrons. The van der Waals surface area contributed by atoms with Gasteiger partial charge in [0.05, 0.1) is 13.2 Å². The first-order valence-electron chi connectivity index (χ1n) is 6.57. The van der Waals surface area contributed by atoms with E-state index in [2.05, 4.69) is 20.8 Å². The number of terminal acetylenes is 1. The summed E-state index contributed by atoms with van der Waals surface area (Å²) in [7, 11) is 0. The number of morpholine rings is 1. The predicted octanol–water partition coefficient (Wildman–Crippen LogP) is 1.98. The van der Waals surface area contributed by atoms with Gasteiger partial charge in [-0.3, -0.25) is 0 Å². The zero-order chi connectivity index (χ0) is 13.8. The average Bonchev–Trinajstić information content (AvgIpc) is 2.56. The third kappa shape index (κ3) is 2.49. The summed E-state index contributed by atoms with van der Waals surface area (Å²) in [4.78, 5) is 11.1. The molecule has 1 fully saturated rings. The van der Waals surface area contributed by atoms with Crippen LogP contribution in [0, 0.1) is 12.3 Å². The summed E-state index contributed by atoms with van der Waals surface area (Å²) in [6, 6.07) is 11.7. The zero-order valence-corrected chi connectivity index (χ0v) is 11.1. The van der Waals surface area contributed by atoms with E-state index in [1.807, 2.05) is 36.4 Å². The minimum atomic E-state index is -0.0673. The number of nitrogens with zero attached hydrogens (tertiary/aromatic N) is 3. The molecule has 1 unspecified atom stereocenters. The quantitative estimate of drug-likeness (QED) is 0.778. The molecule has 1 aliphatic rings. The molecule has 4 heteroatoms. The standard InChI is InChI=1S/C16H15N3O/c1-2-14-12-20-11-10-19(14)15-8-9-17-16(18-15)13-6-4-3-5-7-13/h1,3-9,14H,10-12H2. The lowest BCUT2D eigenvalue weighted by Crippen LogP contribution is -2.45. The Morgan fingerprint density at radius 1 is 1.25 bits per heavy atom. The van der Waals surface area contributed by atoms with Crippen molar-refractivity contribution in [1.82, 2.24) is 9.97 Å². The van der Waals surface area contributed by atoms with Gasteiger partial charge in [0.2, 0.25) is 0 Å². The summed E-state index contributed by atoms with van der Waals surface area (Å²) in [6.45, 7) is 1.96. The summed E-state index contributed by atoms with van der Waals surface area (Å²) in [5.41, 5.74) is 1.000. The van der Waals surface area contributed by atoms with Gasteiger partial charge in [-0.25, -0.2) is 9.97 Å². The van der Waals surface area contributed by atoms with Crippen LogP contribution in [0.5, 0.6) is 0 Å². The first-order valence-corrected chi connectivity index (χ1v) is 6.57. The van der Waals surface area contributed by atoms with Gasteiger partial charge in [0.25, 0.3) is 0 Å². The Morgan fingerprint density at radius 2 is 2.10 bits per heavy atom. The molecule has 1 aliphatic heterocycles. The molecule has 1 aromatic heterocycles. The van der Waals surface area contributed by atoms with Gasteiger partial charge >= 0.3 is 0 Å². The maximum absolute atomic E-state index is 5.57. The highest BCUT2D eigenvalue weighted by molar-refractivity contribution is 5.57. The van der Waals surface area contributed by atoms with Crippen molar-refractivity contribution in [3.05, 3.63) is 42.6 Å². The first kappa shape index (κ1) is 12.6. The fourth-order valence-electron chi connectivity index (χ4n) is 2.25. The van der Waals surface area contributed by atoms with E-state index in [-0.39, 0.29) is 6.04 Å². The van der Waals surface area contributed by atoms with E-state index in [1.165, 1.54) is 0 Å². The van der Waals surface area contributed by atoms with Gasteiger partial charge in [0.1, 0.15) is 11.9 Å². The molecule has 1 atom stereocenters. The Balaban J connectivity index is 1.93. The molecular weight excluding hydrogens is 250 g/mol. The SMILES string of the molecule is C#CC1COCCN1c1ccnc(-c2ccccc2)n1. The fraction of sp³-hybridized carbons (Fsp3) is 0.250. The first-order chi connectivity index (χ1) is 9.88. The minimum absolute atomic E-state index is 0.0673. The Morgan fingerprint density at radius 3 is 2.90 bits per heavy atom. The Kier molecular flexibility index (Phi) is 3.62. The Bertz CT molecular complexity index is 621. The normalized spacial score (nSPS) is 18.6. The summed E-state index contributed by atoms with van der Waals surface area (Å²) in [5.74, 6) is 4.32. The summed E-state index contributed by atoms with van der Waals surface area (Å²) < 4.78 is 5.41. The maximum atomic E-state index is 5.57. The summed E-state index contributed by atoms with van der Waals surface area (Å²) in [5, 5.41) is 0. The van der Waals surface area contributed by atoms with Crippen molar-refractivity contribution in [1.29, 1.82) is 0 Å². The second-order valence-electron chi connectivity index (χ2n) is 4.56. The van der Waals surface area contributed by atoms with Crippen LogP contribution in [0.4, 0.5) is 5.82 Å². The van der Waals surface area contributed by atoms with Crippen molar-refractivity contribution >= 4 is 5.82 Å². The number of anilines is 1. The number of ether oxygens (including phenoxy) is 1. The molecule has 0 aliphatic carbocycles. The van der Waals surface area contributed by atoms with Gasteiger partial charge in [-0.1, -0.05) is 36.3 Å². The van der Waals surface area contributed by atoms with Gasteiger partial charge in [-0.2, -0.15) is 0 Å². The van der Waals surface area contributed by atoms with E-state index in [1.54, 1.807) is 6.20 Å². The third-order valence-electron chi connectivity index (χ3n) is 3.29. The predicted molar refractivity (Wildman–Crippen MR) is 78.3 cm³/mol. The van der Waals surface area contributed by atoms with Gasteiger partial charge in [-0.15, -0.1) is 6.42 Å². The van der Waals surface area contributed by atoms with Gasteiger partial charge < -0.3 is 9.64 Å². The molecule has 1 saturated heterocycles. The molecule has 0 bridgehead atoms. The lowest BCUT2D eigenvalue weighted by atomic mass is 10.2. The van der Waals surface area contributed by atoms with E-state index in [9.17, 15) is 0 Å². The van der Waals surface area contributed by atoms with Crippen molar-refractivity contribution < 1.29 is 4.74 Å². The van der Waals surface area contributed by atoms with E-state index >= 15 is 0 Å². The van der Waals surface area contributed by atoms with Crippen LogP contribution in [0.15, 0.2) is 42.6 Å². The molecule has 0 spiro atoms. The van der Waals surface area contributed by atoms with Crippen LogP contribution in [0.2, 0.25) is 0 Å². The monoisotopic (exact) mass is 265 g/mol. The number of benzene rings is 1. The van der Waals surface area contributed by atoms with Crippen LogP contribution in [0.3, 0.4) is 0 Å². The average molecular weight is 265 g/mol. The lowest BCUT2D eigenvalue weighted by molar-refractivity contribution is 0.108. The topological polar surface area (TPSA) is 38.2 Å². The molecule has 0 amide bonds. The molecule has 0 N–H and O–H groups in total. The van der Waals surface area contributed by atoms with Crippen molar-refractivity contribution in [2.75, 3.05) is 24.7 Å². The highest BCUT2D eigenvalue weighted by Gasteiger charge is 2.22. The largest absolute Gasteiger partial charge is 0.376 e. The van der Waals surface area contributed by atoms with Gasteiger partial charge in [0, 0.05) is 18.3 Å². The van der Waals surface area contributed by atoms with Crippen molar-refractivity contribution in [3.63, 3.8) is 0 Å². The van der Waals surface area contributed by atoms with Crippen molar-refractivity contribution in [2.24, 2.45) is 0 Å². The number of hydrogen-bond acceptors (Lipinski definition) is 4. The molecule has 0 saturated carbocycles. The Labute approximate surface area is 118 Å². The smallest absolute Gasteiger partial charge is 0.161 e. The second-order valence-corrected chi connectivity index (χ2v) is 4.56. The van der Waals surface area contributed by atoms with E-state index in [4.69, 9.17) is 11.2 Å². The highest BCUT2D eigenvalue weighted by atomic mass is 16.5. The van der Waals surface area contributed by atoms with Crippen molar-refractivity contribution in [3.8, 4) is 23.7 Å². The molecule has 4 nitrogen and oxygen atoms in total. The van der Waals surface area contributed by atoms with Crippen LogP contribution in [0.1, 0.15) is 0 Å². The zero-order valence-electron chi connectivity index (χ0n) is 11.1. The molecule has 1 aromatic carbocycles. The molecule has 20 heavy (non-hydrogen) atoms. The van der Waals surface area contributed by atoms with Gasteiger partial charge in [0.15, 0.2) is 5.82 Å². The van der Waals surface area contributed by atoms with Crippen LogP contribution in [0.25, 0.3) is 11.4 Å².